The van der Waals surface area contributed by atoms with Gasteiger partial charge >= 0.3 is 0 Å². The summed E-state index contributed by atoms with van der Waals surface area (Å²) >= 11 is 5.57. The van der Waals surface area contributed by atoms with Crippen molar-refractivity contribution >= 4 is 17.5 Å². The maximum absolute atomic E-state index is 11.8. The lowest BCUT2D eigenvalue weighted by Gasteiger charge is -2.20. The molecule has 4 heteroatoms. The van der Waals surface area contributed by atoms with Crippen LogP contribution in [-0.2, 0) is 11.3 Å². The monoisotopic (exact) mass is 240 g/mol. The van der Waals surface area contributed by atoms with Gasteiger partial charge in [-0.2, -0.15) is 0 Å². The number of carbonyl (C=O) groups excluding carboxylic acids is 1. The van der Waals surface area contributed by atoms with Gasteiger partial charge in [-0.15, -0.1) is 11.6 Å². The van der Waals surface area contributed by atoms with E-state index in [2.05, 4.69) is 4.98 Å². The normalized spacial score (nSPS) is 10.1. The molecule has 0 spiro atoms. The summed E-state index contributed by atoms with van der Waals surface area (Å²) in [5.41, 5.74) is 1.11. The highest BCUT2D eigenvalue weighted by atomic mass is 35.5. The highest BCUT2D eigenvalue weighted by Gasteiger charge is 2.11. The fraction of sp³-hybridized carbons (Fsp3) is 0.500. The average Bonchev–Trinajstić information content (AvgIpc) is 2.34. The Morgan fingerprint density at radius 3 is 2.69 bits per heavy atom. The second-order valence-corrected chi connectivity index (χ2v) is 3.93. The largest absolute Gasteiger partial charge is 0.339 e. The smallest absolute Gasteiger partial charge is 0.222 e. The predicted octanol–water partition coefficient (Wildman–Crippen LogP) is 2.45. The molecule has 1 aromatic rings. The standard InChI is InChI=1S/C12H17ClN2O/c1-2-15(12(16)4-3-7-13)10-11-5-8-14-9-6-11/h5-6,8-9H,2-4,7,10H2,1H3. The van der Waals surface area contributed by atoms with E-state index in [4.69, 9.17) is 11.6 Å². The summed E-state index contributed by atoms with van der Waals surface area (Å²) in [7, 11) is 0. The van der Waals surface area contributed by atoms with Crippen LogP contribution in [-0.4, -0.2) is 28.2 Å². The Morgan fingerprint density at radius 2 is 2.12 bits per heavy atom. The van der Waals surface area contributed by atoms with Gasteiger partial charge in [0.15, 0.2) is 0 Å². The van der Waals surface area contributed by atoms with E-state index in [0.717, 1.165) is 18.5 Å². The topological polar surface area (TPSA) is 33.2 Å². The van der Waals surface area contributed by atoms with Crippen LogP contribution in [0.15, 0.2) is 24.5 Å². The number of alkyl halides is 1. The summed E-state index contributed by atoms with van der Waals surface area (Å²) in [6.07, 6.45) is 4.76. The van der Waals surface area contributed by atoms with E-state index in [1.54, 1.807) is 12.4 Å². The number of hydrogen-bond donors (Lipinski definition) is 0. The van der Waals surface area contributed by atoms with Gasteiger partial charge < -0.3 is 4.90 Å². The van der Waals surface area contributed by atoms with E-state index in [9.17, 15) is 4.79 Å². The van der Waals surface area contributed by atoms with Crippen LogP contribution in [0, 0.1) is 0 Å². The van der Waals surface area contributed by atoms with Crippen LogP contribution < -0.4 is 0 Å². The molecule has 0 aromatic carbocycles. The number of amides is 1. The van der Waals surface area contributed by atoms with Crippen LogP contribution in [0.5, 0.6) is 0 Å². The minimum absolute atomic E-state index is 0.167. The molecule has 0 atom stereocenters. The Balaban J connectivity index is 2.52. The molecule has 1 amide bonds. The first-order chi connectivity index (χ1) is 7.77. The van der Waals surface area contributed by atoms with Gasteiger partial charge in [-0.3, -0.25) is 9.78 Å². The van der Waals surface area contributed by atoms with Gasteiger partial charge in [0.1, 0.15) is 0 Å². The van der Waals surface area contributed by atoms with Crippen LogP contribution in [0.25, 0.3) is 0 Å². The Morgan fingerprint density at radius 1 is 1.44 bits per heavy atom. The fourth-order valence-corrected chi connectivity index (χ4v) is 1.59. The molecule has 1 aromatic heterocycles. The van der Waals surface area contributed by atoms with Crippen molar-refractivity contribution in [3.05, 3.63) is 30.1 Å². The first-order valence-corrected chi connectivity index (χ1v) is 6.04. The first kappa shape index (κ1) is 13.0. The van der Waals surface area contributed by atoms with Crippen molar-refractivity contribution in [2.45, 2.75) is 26.3 Å². The maximum Gasteiger partial charge on any atom is 0.222 e. The first-order valence-electron chi connectivity index (χ1n) is 5.50. The zero-order chi connectivity index (χ0) is 11.8. The van der Waals surface area contributed by atoms with E-state index in [1.807, 2.05) is 24.0 Å². The summed E-state index contributed by atoms with van der Waals surface area (Å²) in [6, 6.07) is 3.86. The summed E-state index contributed by atoms with van der Waals surface area (Å²) < 4.78 is 0. The van der Waals surface area contributed by atoms with Gasteiger partial charge in [0.25, 0.3) is 0 Å². The molecule has 0 unspecified atom stereocenters. The number of carbonyl (C=O) groups is 1. The summed E-state index contributed by atoms with van der Waals surface area (Å²) in [5, 5.41) is 0. The Bertz CT molecular complexity index is 316. The molecule has 0 radical (unpaired) electrons. The van der Waals surface area contributed by atoms with Crippen LogP contribution in [0.4, 0.5) is 0 Å². The minimum Gasteiger partial charge on any atom is -0.339 e. The Labute approximate surface area is 101 Å². The molecule has 1 heterocycles. The summed E-state index contributed by atoms with van der Waals surface area (Å²) in [6.45, 7) is 3.36. The Kier molecular flexibility index (Phi) is 5.86. The van der Waals surface area contributed by atoms with E-state index in [1.165, 1.54) is 0 Å². The van der Waals surface area contributed by atoms with Crippen molar-refractivity contribution in [2.24, 2.45) is 0 Å². The predicted molar refractivity (Wildman–Crippen MR) is 65.3 cm³/mol. The van der Waals surface area contributed by atoms with Crippen molar-refractivity contribution in [3.8, 4) is 0 Å². The highest BCUT2D eigenvalue weighted by Crippen LogP contribution is 2.06. The maximum atomic E-state index is 11.8. The molecular weight excluding hydrogens is 224 g/mol. The molecule has 0 fully saturated rings. The van der Waals surface area contributed by atoms with Gasteiger partial charge in [-0.25, -0.2) is 0 Å². The van der Waals surface area contributed by atoms with Crippen LogP contribution >= 0.6 is 11.6 Å². The SMILES string of the molecule is CCN(Cc1ccncc1)C(=O)CCCCl. The number of halogens is 1. The summed E-state index contributed by atoms with van der Waals surface area (Å²) in [4.78, 5) is 17.6. The number of nitrogens with zero attached hydrogens (tertiary/aromatic N) is 2. The molecule has 1 rings (SSSR count). The lowest BCUT2D eigenvalue weighted by molar-refractivity contribution is -0.131. The number of rotatable bonds is 6. The quantitative estimate of drug-likeness (QED) is 0.716. The lowest BCUT2D eigenvalue weighted by atomic mass is 10.2. The molecule has 0 aliphatic heterocycles. The van der Waals surface area contributed by atoms with Crippen LogP contribution in [0.2, 0.25) is 0 Å². The third-order valence-corrected chi connectivity index (χ3v) is 2.65. The molecule has 16 heavy (non-hydrogen) atoms. The van der Waals surface area contributed by atoms with E-state index in [0.29, 0.717) is 18.8 Å². The second-order valence-electron chi connectivity index (χ2n) is 3.56. The molecule has 3 nitrogen and oxygen atoms in total. The van der Waals surface area contributed by atoms with Gasteiger partial charge in [-0.1, -0.05) is 0 Å². The molecule has 0 saturated heterocycles. The third kappa shape index (κ3) is 4.19. The van der Waals surface area contributed by atoms with Crippen molar-refractivity contribution in [3.63, 3.8) is 0 Å². The van der Waals surface area contributed by atoms with Gasteiger partial charge in [0, 0.05) is 37.8 Å². The van der Waals surface area contributed by atoms with Gasteiger partial charge in [0.05, 0.1) is 0 Å². The second kappa shape index (κ2) is 7.23. The molecule has 0 saturated carbocycles. The number of hydrogen-bond acceptors (Lipinski definition) is 2. The van der Waals surface area contributed by atoms with Crippen molar-refractivity contribution < 1.29 is 4.79 Å². The van der Waals surface area contributed by atoms with Gasteiger partial charge in [0.2, 0.25) is 5.91 Å². The van der Waals surface area contributed by atoms with Crippen LogP contribution in [0.3, 0.4) is 0 Å². The molecule has 88 valence electrons. The lowest BCUT2D eigenvalue weighted by Crippen LogP contribution is -2.30. The number of pyridine rings is 1. The third-order valence-electron chi connectivity index (χ3n) is 2.38. The van der Waals surface area contributed by atoms with E-state index in [-0.39, 0.29) is 5.91 Å². The average molecular weight is 241 g/mol. The van der Waals surface area contributed by atoms with Gasteiger partial charge in [-0.05, 0) is 31.0 Å². The fourth-order valence-electron chi connectivity index (χ4n) is 1.46. The van der Waals surface area contributed by atoms with Crippen molar-refractivity contribution in [1.29, 1.82) is 0 Å². The zero-order valence-electron chi connectivity index (χ0n) is 9.53. The highest BCUT2D eigenvalue weighted by molar-refractivity contribution is 6.17. The van der Waals surface area contributed by atoms with Crippen molar-refractivity contribution in [2.75, 3.05) is 12.4 Å². The molecular formula is C12H17ClN2O. The Hall–Kier alpha value is -1.09. The van der Waals surface area contributed by atoms with E-state index >= 15 is 0 Å². The minimum atomic E-state index is 0.167. The van der Waals surface area contributed by atoms with E-state index < -0.39 is 0 Å². The molecule has 0 N–H and O–H groups in total. The molecule has 0 bridgehead atoms. The molecule has 0 aliphatic carbocycles. The zero-order valence-corrected chi connectivity index (χ0v) is 10.3. The summed E-state index contributed by atoms with van der Waals surface area (Å²) in [5.74, 6) is 0.707. The number of aromatic nitrogens is 1. The van der Waals surface area contributed by atoms with Crippen LogP contribution in [0.1, 0.15) is 25.3 Å². The van der Waals surface area contributed by atoms with Crippen molar-refractivity contribution in [1.82, 2.24) is 9.88 Å². The molecule has 0 aliphatic rings.